The third kappa shape index (κ3) is 2.35. The van der Waals surface area contributed by atoms with E-state index in [0.717, 1.165) is 5.39 Å². The summed E-state index contributed by atoms with van der Waals surface area (Å²) >= 11 is 0. The summed E-state index contributed by atoms with van der Waals surface area (Å²) in [6.07, 6.45) is 0. The van der Waals surface area contributed by atoms with Crippen molar-refractivity contribution in [2.24, 2.45) is 0 Å². The van der Waals surface area contributed by atoms with E-state index in [4.69, 9.17) is 4.84 Å². The van der Waals surface area contributed by atoms with E-state index in [1.807, 2.05) is 18.2 Å². The van der Waals surface area contributed by atoms with Gasteiger partial charge in [0.05, 0.1) is 16.6 Å². The first kappa shape index (κ1) is 15.0. The van der Waals surface area contributed by atoms with Crippen LogP contribution in [0.25, 0.3) is 10.9 Å². The molecule has 1 aliphatic rings. The molecule has 4 rings (SSSR count). The first-order chi connectivity index (χ1) is 12.1. The number of fused-ring (bicyclic) bond motifs is 2. The highest BCUT2D eigenvalue weighted by molar-refractivity contribution is 6.21. The Kier molecular flexibility index (Phi) is 3.32. The molecule has 0 saturated carbocycles. The number of para-hydroxylation sites is 1. The maximum atomic E-state index is 12.5. The molecule has 0 atom stereocenters. The van der Waals surface area contributed by atoms with Gasteiger partial charge in [0.15, 0.2) is 5.69 Å². The molecule has 0 N–H and O–H groups in total. The Morgan fingerprint density at radius 2 is 1.56 bits per heavy atom. The van der Waals surface area contributed by atoms with E-state index in [1.54, 1.807) is 31.2 Å². The van der Waals surface area contributed by atoms with Crippen molar-refractivity contribution < 1.29 is 19.2 Å². The van der Waals surface area contributed by atoms with E-state index < -0.39 is 17.8 Å². The van der Waals surface area contributed by atoms with Gasteiger partial charge < -0.3 is 4.84 Å². The predicted molar refractivity (Wildman–Crippen MR) is 88.8 cm³/mol. The summed E-state index contributed by atoms with van der Waals surface area (Å²) in [7, 11) is 0. The molecule has 0 bridgehead atoms. The summed E-state index contributed by atoms with van der Waals surface area (Å²) in [4.78, 5) is 46.4. The summed E-state index contributed by atoms with van der Waals surface area (Å²) in [6.45, 7) is 1.72. The lowest BCUT2D eigenvalue weighted by Gasteiger charge is -2.13. The molecule has 1 aliphatic heterocycles. The van der Waals surface area contributed by atoms with E-state index in [1.165, 1.54) is 12.1 Å². The van der Waals surface area contributed by atoms with Crippen molar-refractivity contribution in [1.29, 1.82) is 0 Å². The molecule has 3 aromatic rings. The molecule has 1 aromatic heterocycles. The lowest BCUT2D eigenvalue weighted by molar-refractivity contribution is -0.0588. The minimum Gasteiger partial charge on any atom is -0.322 e. The summed E-state index contributed by atoms with van der Waals surface area (Å²) in [5, 5.41) is 1.38. The third-order valence-electron chi connectivity index (χ3n) is 4.04. The largest absolute Gasteiger partial charge is 0.382 e. The van der Waals surface area contributed by atoms with Gasteiger partial charge in [0.25, 0.3) is 11.8 Å². The second-order valence-electron chi connectivity index (χ2n) is 5.68. The zero-order valence-electron chi connectivity index (χ0n) is 13.2. The fraction of sp³-hybridized carbons (Fsp3) is 0.0526. The number of hydrogen-bond acceptors (Lipinski definition) is 5. The van der Waals surface area contributed by atoms with E-state index in [-0.39, 0.29) is 16.8 Å². The van der Waals surface area contributed by atoms with Crippen LogP contribution in [-0.4, -0.2) is 27.8 Å². The van der Waals surface area contributed by atoms with Crippen molar-refractivity contribution >= 4 is 28.7 Å². The van der Waals surface area contributed by atoms with Gasteiger partial charge in [-0.3, -0.25) is 9.59 Å². The number of amides is 2. The first-order valence-electron chi connectivity index (χ1n) is 7.63. The SMILES string of the molecule is Cc1cc2ccccc2nc1C(=O)ON1C(=O)c2ccccc2C1=O. The van der Waals surface area contributed by atoms with Crippen LogP contribution in [0, 0.1) is 6.92 Å². The number of carbonyl (C=O) groups is 3. The predicted octanol–water partition coefficient (Wildman–Crippen LogP) is 2.91. The smallest absolute Gasteiger partial charge is 0.322 e. The maximum Gasteiger partial charge on any atom is 0.382 e. The van der Waals surface area contributed by atoms with E-state index in [2.05, 4.69) is 4.98 Å². The van der Waals surface area contributed by atoms with Gasteiger partial charge in [0, 0.05) is 5.39 Å². The van der Waals surface area contributed by atoms with Gasteiger partial charge in [-0.15, -0.1) is 0 Å². The van der Waals surface area contributed by atoms with Gasteiger partial charge in [-0.05, 0) is 36.8 Å². The fourth-order valence-corrected chi connectivity index (χ4v) is 2.80. The molecule has 0 radical (unpaired) electrons. The topological polar surface area (TPSA) is 76.6 Å². The Hall–Kier alpha value is -3.54. The number of aryl methyl sites for hydroxylation is 1. The number of hydrogen-bond donors (Lipinski definition) is 0. The van der Waals surface area contributed by atoms with Crippen LogP contribution in [0.3, 0.4) is 0 Å². The molecule has 0 saturated heterocycles. The Labute approximate surface area is 142 Å². The molecule has 0 aliphatic carbocycles. The molecule has 122 valence electrons. The van der Waals surface area contributed by atoms with Crippen LogP contribution < -0.4 is 0 Å². The number of hydroxylamine groups is 2. The lowest BCUT2D eigenvalue weighted by atomic mass is 10.1. The third-order valence-corrected chi connectivity index (χ3v) is 4.04. The van der Waals surface area contributed by atoms with E-state index in [9.17, 15) is 14.4 Å². The lowest BCUT2D eigenvalue weighted by Crippen LogP contribution is -2.33. The average Bonchev–Trinajstić information content (AvgIpc) is 2.86. The summed E-state index contributed by atoms with van der Waals surface area (Å²) in [6, 6.07) is 15.5. The number of nitrogens with zero attached hydrogens (tertiary/aromatic N) is 2. The number of benzene rings is 2. The van der Waals surface area contributed by atoms with Gasteiger partial charge in [0.1, 0.15) is 0 Å². The Morgan fingerprint density at radius 3 is 2.24 bits per heavy atom. The molecule has 6 heteroatoms. The zero-order chi connectivity index (χ0) is 17.6. The highest BCUT2D eigenvalue weighted by Crippen LogP contribution is 2.24. The first-order valence-corrected chi connectivity index (χ1v) is 7.63. The van der Waals surface area contributed by atoms with Crippen LogP contribution in [-0.2, 0) is 4.84 Å². The van der Waals surface area contributed by atoms with Crippen LogP contribution in [0.1, 0.15) is 36.8 Å². The fourth-order valence-electron chi connectivity index (χ4n) is 2.80. The minimum absolute atomic E-state index is 0.0651. The molecular formula is C19H12N2O4. The Morgan fingerprint density at radius 1 is 0.960 bits per heavy atom. The summed E-state index contributed by atoms with van der Waals surface area (Å²) in [5.41, 5.74) is 1.71. The molecular weight excluding hydrogens is 320 g/mol. The van der Waals surface area contributed by atoms with E-state index in [0.29, 0.717) is 16.1 Å². The van der Waals surface area contributed by atoms with Crippen molar-refractivity contribution in [3.05, 3.63) is 77.0 Å². The van der Waals surface area contributed by atoms with Crippen LogP contribution >= 0.6 is 0 Å². The normalized spacial score (nSPS) is 13.2. The zero-order valence-corrected chi connectivity index (χ0v) is 13.2. The van der Waals surface area contributed by atoms with Crippen molar-refractivity contribution in [2.75, 3.05) is 0 Å². The van der Waals surface area contributed by atoms with Crippen LogP contribution in [0.5, 0.6) is 0 Å². The standard InChI is InChI=1S/C19H12N2O4/c1-11-10-12-6-2-5-9-15(12)20-16(11)19(24)25-21-17(22)13-7-3-4-8-14(13)18(21)23/h2-10H,1H3. The quantitative estimate of drug-likeness (QED) is 0.674. The molecule has 6 nitrogen and oxygen atoms in total. The molecule has 25 heavy (non-hydrogen) atoms. The van der Waals surface area contributed by atoms with Crippen molar-refractivity contribution in [3.63, 3.8) is 0 Å². The highest BCUT2D eigenvalue weighted by Gasteiger charge is 2.39. The highest BCUT2D eigenvalue weighted by atomic mass is 16.7. The van der Waals surface area contributed by atoms with Gasteiger partial charge in [0.2, 0.25) is 0 Å². The molecule has 2 amide bonds. The van der Waals surface area contributed by atoms with Crippen LogP contribution in [0.2, 0.25) is 0 Å². The second-order valence-corrected chi connectivity index (χ2v) is 5.68. The number of carbonyl (C=O) groups excluding carboxylic acids is 3. The Bertz CT molecular complexity index is 1020. The number of imide groups is 1. The molecule has 0 unspecified atom stereocenters. The summed E-state index contributed by atoms with van der Waals surface area (Å²) in [5.74, 6) is -2.17. The molecule has 2 heterocycles. The second kappa shape index (κ2) is 5.52. The van der Waals surface area contributed by atoms with Crippen molar-refractivity contribution in [1.82, 2.24) is 10.0 Å². The van der Waals surface area contributed by atoms with Crippen molar-refractivity contribution in [3.8, 4) is 0 Å². The minimum atomic E-state index is -0.849. The van der Waals surface area contributed by atoms with Crippen LogP contribution in [0.15, 0.2) is 54.6 Å². The monoisotopic (exact) mass is 332 g/mol. The number of pyridine rings is 1. The number of rotatable bonds is 2. The van der Waals surface area contributed by atoms with Crippen molar-refractivity contribution in [2.45, 2.75) is 6.92 Å². The van der Waals surface area contributed by atoms with E-state index >= 15 is 0 Å². The van der Waals surface area contributed by atoms with Gasteiger partial charge in [-0.25, -0.2) is 9.78 Å². The summed E-state index contributed by atoms with van der Waals surface area (Å²) < 4.78 is 0. The molecule has 0 spiro atoms. The van der Waals surface area contributed by atoms with Gasteiger partial charge in [-0.1, -0.05) is 35.4 Å². The van der Waals surface area contributed by atoms with Gasteiger partial charge >= 0.3 is 5.97 Å². The van der Waals surface area contributed by atoms with Gasteiger partial charge in [-0.2, -0.15) is 0 Å². The Balaban J connectivity index is 1.66. The molecule has 0 fully saturated rings. The molecule has 2 aromatic carbocycles. The van der Waals surface area contributed by atoms with Crippen LogP contribution in [0.4, 0.5) is 0 Å². The average molecular weight is 332 g/mol. The number of aromatic nitrogens is 1. The maximum absolute atomic E-state index is 12.5.